The first kappa shape index (κ1) is 15.7. The van der Waals surface area contributed by atoms with Crippen LogP contribution in [0.1, 0.15) is 57.1 Å². The number of aryl methyl sites for hydroxylation is 1. The van der Waals surface area contributed by atoms with Gasteiger partial charge in [-0.05, 0) is 43.9 Å². The molecule has 0 amide bonds. The van der Waals surface area contributed by atoms with Crippen molar-refractivity contribution in [2.24, 2.45) is 21.6 Å². The molecule has 1 aromatic rings. The van der Waals surface area contributed by atoms with Crippen LogP contribution in [-0.4, -0.2) is 11.5 Å². The summed E-state index contributed by atoms with van der Waals surface area (Å²) >= 11 is 3.62. The van der Waals surface area contributed by atoms with E-state index in [0.717, 1.165) is 16.6 Å². The maximum Gasteiger partial charge on any atom is 0.181 e. The fourth-order valence-electron chi connectivity index (χ4n) is 3.83. The first-order chi connectivity index (χ1) is 10.6. The lowest BCUT2D eigenvalue weighted by molar-refractivity contribution is 0.219. The van der Waals surface area contributed by atoms with Gasteiger partial charge < -0.3 is 5.73 Å². The van der Waals surface area contributed by atoms with Gasteiger partial charge >= 0.3 is 0 Å². The zero-order valence-corrected chi connectivity index (χ0v) is 15.0. The minimum Gasteiger partial charge on any atom is -0.382 e. The molecule has 3 nitrogen and oxygen atoms in total. The molecule has 2 N–H and O–H groups in total. The molecule has 2 aliphatic rings. The van der Waals surface area contributed by atoms with Gasteiger partial charge in [0.05, 0.1) is 5.71 Å². The third kappa shape index (κ3) is 2.62. The molecule has 1 heterocycles. The van der Waals surface area contributed by atoms with Gasteiger partial charge in [-0.25, -0.2) is 4.99 Å². The van der Waals surface area contributed by atoms with Gasteiger partial charge in [-0.2, -0.15) is 0 Å². The Bertz CT molecular complexity index is 609. The van der Waals surface area contributed by atoms with Gasteiger partial charge in [0.2, 0.25) is 0 Å². The van der Waals surface area contributed by atoms with Crippen molar-refractivity contribution in [1.82, 2.24) is 0 Å². The molecule has 1 saturated carbocycles. The molecule has 0 aromatic heterocycles. The average molecular weight is 362 g/mol. The molecule has 1 aliphatic heterocycles. The fourth-order valence-corrected chi connectivity index (χ4v) is 4.19. The van der Waals surface area contributed by atoms with Crippen LogP contribution in [0.5, 0.6) is 0 Å². The molecule has 1 atom stereocenters. The topological polar surface area (TPSA) is 50.7 Å². The van der Waals surface area contributed by atoms with Gasteiger partial charge in [0.15, 0.2) is 5.66 Å². The van der Waals surface area contributed by atoms with Crippen LogP contribution in [-0.2, 0) is 12.1 Å². The van der Waals surface area contributed by atoms with Crippen molar-refractivity contribution in [3.8, 4) is 0 Å². The molecular weight excluding hydrogens is 338 g/mol. The zero-order valence-electron chi connectivity index (χ0n) is 13.4. The molecule has 22 heavy (non-hydrogen) atoms. The smallest absolute Gasteiger partial charge is 0.181 e. The Morgan fingerprint density at radius 1 is 1.23 bits per heavy atom. The quantitative estimate of drug-likeness (QED) is 0.841. The lowest BCUT2D eigenvalue weighted by atomic mass is 9.75. The molecule has 1 unspecified atom stereocenters. The van der Waals surface area contributed by atoms with Crippen molar-refractivity contribution in [1.29, 1.82) is 0 Å². The van der Waals surface area contributed by atoms with Crippen molar-refractivity contribution in [3.63, 3.8) is 0 Å². The van der Waals surface area contributed by atoms with E-state index < -0.39 is 5.66 Å². The second-order valence-electron chi connectivity index (χ2n) is 6.41. The summed E-state index contributed by atoms with van der Waals surface area (Å²) in [6.07, 6.45) is 7.22. The molecule has 0 bridgehead atoms. The van der Waals surface area contributed by atoms with Crippen LogP contribution in [0.2, 0.25) is 0 Å². The van der Waals surface area contributed by atoms with E-state index in [0.29, 0.717) is 11.8 Å². The Morgan fingerprint density at radius 2 is 1.95 bits per heavy atom. The van der Waals surface area contributed by atoms with E-state index in [1.54, 1.807) is 0 Å². The Hall–Kier alpha value is -1.16. The molecule has 4 heteroatoms. The second kappa shape index (κ2) is 6.15. The third-order valence-electron chi connectivity index (χ3n) is 5.02. The van der Waals surface area contributed by atoms with Crippen molar-refractivity contribution < 1.29 is 0 Å². The summed E-state index contributed by atoms with van der Waals surface area (Å²) in [6.45, 7) is 4.17. The van der Waals surface area contributed by atoms with Crippen molar-refractivity contribution in [3.05, 3.63) is 33.8 Å². The summed E-state index contributed by atoms with van der Waals surface area (Å²) in [5, 5.41) is 0. The van der Waals surface area contributed by atoms with Gasteiger partial charge in [0.25, 0.3) is 0 Å². The molecule has 118 valence electrons. The summed E-state index contributed by atoms with van der Waals surface area (Å²) in [5.74, 6) is 1.06. The first-order valence-electron chi connectivity index (χ1n) is 8.28. The largest absolute Gasteiger partial charge is 0.382 e. The predicted molar refractivity (Wildman–Crippen MR) is 96.5 cm³/mol. The van der Waals surface area contributed by atoms with Crippen LogP contribution < -0.4 is 5.73 Å². The maximum absolute atomic E-state index is 6.13. The highest BCUT2D eigenvalue weighted by atomic mass is 79.9. The van der Waals surface area contributed by atoms with Gasteiger partial charge in [0, 0.05) is 16.0 Å². The summed E-state index contributed by atoms with van der Waals surface area (Å²) < 4.78 is 1.09. The molecule has 1 aromatic carbocycles. The van der Waals surface area contributed by atoms with E-state index in [1.165, 1.54) is 43.2 Å². The van der Waals surface area contributed by atoms with E-state index in [1.807, 2.05) is 6.92 Å². The highest BCUT2D eigenvalue weighted by molar-refractivity contribution is 9.10. The summed E-state index contributed by atoms with van der Waals surface area (Å²) in [6, 6.07) is 6.50. The van der Waals surface area contributed by atoms with E-state index in [9.17, 15) is 0 Å². The van der Waals surface area contributed by atoms with Gasteiger partial charge in [0.1, 0.15) is 5.84 Å². The minimum absolute atomic E-state index is 0.455. The normalized spacial score (nSPS) is 26.0. The zero-order chi connectivity index (χ0) is 15.7. The molecule has 0 saturated heterocycles. The summed E-state index contributed by atoms with van der Waals surface area (Å²) in [7, 11) is 0. The summed E-state index contributed by atoms with van der Waals surface area (Å²) in [4.78, 5) is 9.93. The van der Waals surface area contributed by atoms with Crippen LogP contribution in [0, 0.1) is 5.92 Å². The number of aliphatic imine (C=N–C) groups is 2. The standard InChI is InChI=1S/C18H24BrN3/c1-3-13-9-10-15(19)11-16(13)18(14-7-5-4-6-8-14)21-12(2)17(20)22-18/h9-11,14H,3-8H2,1-2H3,(H2,20,22). The highest BCUT2D eigenvalue weighted by Crippen LogP contribution is 2.47. The van der Waals surface area contributed by atoms with Crippen molar-refractivity contribution in [2.45, 2.75) is 58.0 Å². The SMILES string of the molecule is CCc1ccc(Br)cc1C1(C2CCCCC2)N=C(C)C(N)=N1. The van der Waals surface area contributed by atoms with E-state index in [-0.39, 0.29) is 0 Å². The number of nitrogens with zero attached hydrogens (tertiary/aromatic N) is 2. The number of nitrogens with two attached hydrogens (primary N) is 1. The lowest BCUT2D eigenvalue weighted by Crippen LogP contribution is -2.33. The molecule has 0 spiro atoms. The van der Waals surface area contributed by atoms with Crippen molar-refractivity contribution >= 4 is 27.5 Å². The fraction of sp³-hybridized carbons (Fsp3) is 0.556. The Kier molecular flexibility index (Phi) is 4.40. The van der Waals surface area contributed by atoms with E-state index in [4.69, 9.17) is 15.7 Å². The summed E-state index contributed by atoms with van der Waals surface area (Å²) in [5.41, 5.74) is 9.08. The maximum atomic E-state index is 6.13. The number of benzene rings is 1. The van der Waals surface area contributed by atoms with Crippen LogP contribution in [0.3, 0.4) is 0 Å². The molecular formula is C18H24BrN3. The molecule has 3 rings (SSSR count). The number of hydrogen-bond acceptors (Lipinski definition) is 3. The van der Waals surface area contributed by atoms with E-state index >= 15 is 0 Å². The minimum atomic E-state index is -0.496. The molecule has 0 radical (unpaired) electrons. The van der Waals surface area contributed by atoms with Gasteiger partial charge in [-0.1, -0.05) is 48.2 Å². The van der Waals surface area contributed by atoms with Crippen LogP contribution in [0.25, 0.3) is 0 Å². The van der Waals surface area contributed by atoms with E-state index in [2.05, 4.69) is 41.1 Å². The lowest BCUT2D eigenvalue weighted by Gasteiger charge is -2.36. The number of rotatable bonds is 3. The van der Waals surface area contributed by atoms with Gasteiger partial charge in [-0.15, -0.1) is 0 Å². The predicted octanol–water partition coefficient (Wildman–Crippen LogP) is 4.58. The number of hydrogen-bond donors (Lipinski definition) is 1. The Morgan fingerprint density at radius 3 is 2.55 bits per heavy atom. The number of amidine groups is 1. The second-order valence-corrected chi connectivity index (χ2v) is 7.33. The van der Waals surface area contributed by atoms with Crippen molar-refractivity contribution in [2.75, 3.05) is 0 Å². The van der Waals surface area contributed by atoms with Crippen LogP contribution in [0.15, 0.2) is 32.7 Å². The molecule has 1 aliphatic carbocycles. The van der Waals surface area contributed by atoms with Gasteiger partial charge in [-0.3, -0.25) is 4.99 Å². The highest BCUT2D eigenvalue weighted by Gasteiger charge is 2.45. The average Bonchev–Trinajstić information content (AvgIpc) is 2.84. The van der Waals surface area contributed by atoms with Crippen LogP contribution in [0.4, 0.5) is 0 Å². The Labute approximate surface area is 141 Å². The van der Waals surface area contributed by atoms with Crippen LogP contribution >= 0.6 is 15.9 Å². The Balaban J connectivity index is 2.17. The number of halogens is 1. The monoisotopic (exact) mass is 361 g/mol. The first-order valence-corrected chi connectivity index (χ1v) is 9.07. The third-order valence-corrected chi connectivity index (χ3v) is 5.52. The molecule has 1 fully saturated rings.